The van der Waals surface area contributed by atoms with Crippen LogP contribution in [0, 0.1) is 0 Å². The summed E-state index contributed by atoms with van der Waals surface area (Å²) in [5.41, 5.74) is 10.5. The molecule has 0 radical (unpaired) electrons. The molecule has 1 fully saturated rings. The van der Waals surface area contributed by atoms with Gasteiger partial charge < -0.3 is 15.8 Å². The zero-order valence-corrected chi connectivity index (χ0v) is 16.8. The quantitative estimate of drug-likeness (QED) is 0.690. The topological polar surface area (TPSA) is 98.0 Å². The average Bonchev–Trinajstić information content (AvgIpc) is 3.20. The lowest BCUT2D eigenvalue weighted by molar-refractivity contribution is -0.115. The minimum absolute atomic E-state index is 0.167. The molecule has 3 N–H and O–H groups in total. The van der Waals surface area contributed by atoms with Gasteiger partial charge in [0.15, 0.2) is 0 Å². The van der Waals surface area contributed by atoms with Crippen LogP contribution in [-0.2, 0) is 4.79 Å². The van der Waals surface area contributed by atoms with Crippen molar-refractivity contribution in [3.05, 3.63) is 54.4 Å². The second-order valence-corrected chi connectivity index (χ2v) is 7.43. The minimum atomic E-state index is -0.433. The predicted molar refractivity (Wildman–Crippen MR) is 116 cm³/mol. The molecule has 0 bridgehead atoms. The minimum Gasteiger partial charge on any atom is -0.382 e. The maximum Gasteiger partial charge on any atom is 0.248 e. The van der Waals surface area contributed by atoms with E-state index in [1.54, 1.807) is 18.5 Å². The maximum atomic E-state index is 11.5. The van der Waals surface area contributed by atoms with Crippen molar-refractivity contribution in [1.82, 2.24) is 9.97 Å². The zero-order chi connectivity index (χ0) is 20.8. The third-order valence-corrected chi connectivity index (χ3v) is 4.76. The van der Waals surface area contributed by atoms with Gasteiger partial charge in [-0.15, -0.1) is 0 Å². The van der Waals surface area contributed by atoms with Crippen molar-refractivity contribution in [2.24, 2.45) is 5.73 Å². The summed E-state index contributed by atoms with van der Waals surface area (Å²) >= 11 is 0. The number of fused-ring (bicyclic) bond motifs is 1. The van der Waals surface area contributed by atoms with Crippen molar-refractivity contribution < 1.29 is 9.59 Å². The third kappa shape index (κ3) is 5.38. The summed E-state index contributed by atoms with van der Waals surface area (Å²) in [7, 11) is 0. The number of carbonyl (C=O) groups is 2. The smallest absolute Gasteiger partial charge is 0.248 e. The van der Waals surface area contributed by atoms with Gasteiger partial charge in [-0.3, -0.25) is 14.8 Å². The van der Waals surface area contributed by atoms with Crippen molar-refractivity contribution in [1.29, 1.82) is 0 Å². The van der Waals surface area contributed by atoms with Crippen LogP contribution in [0.25, 0.3) is 22.2 Å². The number of benzene rings is 2. The Morgan fingerprint density at radius 1 is 1.03 bits per heavy atom. The van der Waals surface area contributed by atoms with Crippen LogP contribution >= 0.6 is 0 Å². The van der Waals surface area contributed by atoms with Gasteiger partial charge in [-0.05, 0) is 56.5 Å². The number of nitrogens with one attached hydrogen (secondary N) is 1. The van der Waals surface area contributed by atoms with E-state index in [9.17, 15) is 9.59 Å². The highest BCUT2D eigenvalue weighted by atomic mass is 16.1. The predicted octanol–water partition coefficient (Wildman–Crippen LogP) is 4.35. The maximum absolute atomic E-state index is 11.5. The van der Waals surface area contributed by atoms with Crippen LogP contribution in [0.3, 0.4) is 0 Å². The number of nitrogens with zero attached hydrogens (tertiary/aromatic N) is 2. The zero-order valence-electron chi connectivity index (χ0n) is 16.8. The van der Waals surface area contributed by atoms with E-state index in [1.807, 2.05) is 24.3 Å². The number of primary amides is 1. The Labute approximate surface area is 170 Å². The number of rotatable bonds is 4. The standard InChI is InChI=1S/C20H20N4O.C3H6O/c21-20(25)14-5-3-4-13(10-14)17-11-16(24-15-6-1-2-7-15)12-18-19(17)23-9-8-22-18;1-3(2)4/h3-5,8-12,15,24H,1-2,6-7H2,(H2,21,25);1-2H3. The summed E-state index contributed by atoms with van der Waals surface area (Å²) in [5, 5.41) is 3.62. The number of carbonyl (C=O) groups excluding carboxylic acids is 2. The van der Waals surface area contributed by atoms with Gasteiger partial charge in [0.2, 0.25) is 5.91 Å². The van der Waals surface area contributed by atoms with Gasteiger partial charge in [-0.25, -0.2) is 0 Å². The number of ketones is 1. The first-order valence-electron chi connectivity index (χ1n) is 9.83. The highest BCUT2D eigenvalue weighted by Gasteiger charge is 2.16. The Hall–Kier alpha value is -3.28. The molecule has 0 spiro atoms. The van der Waals surface area contributed by atoms with E-state index in [0.29, 0.717) is 11.6 Å². The molecule has 0 aliphatic heterocycles. The van der Waals surface area contributed by atoms with Crippen LogP contribution in [0.1, 0.15) is 49.9 Å². The molecular weight excluding hydrogens is 364 g/mol. The van der Waals surface area contributed by atoms with E-state index in [0.717, 1.165) is 27.8 Å². The summed E-state index contributed by atoms with van der Waals surface area (Å²) in [5.74, 6) is -0.266. The van der Waals surface area contributed by atoms with Crippen LogP contribution in [0.4, 0.5) is 5.69 Å². The molecule has 6 nitrogen and oxygen atoms in total. The molecule has 2 aromatic carbocycles. The van der Waals surface area contributed by atoms with Gasteiger partial charge in [0.1, 0.15) is 5.78 Å². The number of nitrogens with two attached hydrogens (primary N) is 1. The Morgan fingerprint density at radius 2 is 1.72 bits per heavy atom. The Morgan fingerprint density at radius 3 is 2.41 bits per heavy atom. The highest BCUT2D eigenvalue weighted by Crippen LogP contribution is 2.32. The molecule has 1 amide bonds. The van der Waals surface area contributed by atoms with E-state index >= 15 is 0 Å². The Balaban J connectivity index is 0.000000552. The molecule has 1 aromatic heterocycles. The van der Waals surface area contributed by atoms with E-state index in [4.69, 9.17) is 5.73 Å². The first-order valence-corrected chi connectivity index (χ1v) is 9.83. The van der Waals surface area contributed by atoms with Crippen molar-refractivity contribution in [3.8, 4) is 11.1 Å². The lowest BCUT2D eigenvalue weighted by Crippen LogP contribution is -2.14. The molecule has 0 atom stereocenters. The molecule has 1 saturated carbocycles. The van der Waals surface area contributed by atoms with E-state index in [2.05, 4.69) is 21.4 Å². The van der Waals surface area contributed by atoms with E-state index in [1.165, 1.54) is 39.5 Å². The fourth-order valence-electron chi connectivity index (χ4n) is 3.52. The molecule has 3 aromatic rings. The molecule has 0 saturated heterocycles. The van der Waals surface area contributed by atoms with Crippen molar-refractivity contribution in [2.45, 2.75) is 45.6 Å². The van der Waals surface area contributed by atoms with Gasteiger partial charge in [0.05, 0.1) is 11.0 Å². The summed E-state index contributed by atoms with van der Waals surface area (Å²) in [4.78, 5) is 29.9. The van der Waals surface area contributed by atoms with Gasteiger partial charge >= 0.3 is 0 Å². The summed E-state index contributed by atoms with van der Waals surface area (Å²) in [6.07, 6.45) is 8.34. The number of Topliss-reactive ketones (excluding diaryl/α,β-unsaturated/α-hetero) is 1. The molecular formula is C23H26N4O2. The van der Waals surface area contributed by atoms with Crippen molar-refractivity contribution in [3.63, 3.8) is 0 Å². The summed E-state index contributed by atoms with van der Waals surface area (Å²) in [6.45, 7) is 3.06. The number of hydrogen-bond donors (Lipinski definition) is 2. The van der Waals surface area contributed by atoms with Crippen LogP contribution in [0.2, 0.25) is 0 Å². The fourth-order valence-corrected chi connectivity index (χ4v) is 3.52. The van der Waals surface area contributed by atoms with E-state index in [-0.39, 0.29) is 5.78 Å². The van der Waals surface area contributed by atoms with Crippen LogP contribution in [-0.4, -0.2) is 27.7 Å². The molecule has 150 valence electrons. The molecule has 1 aliphatic carbocycles. The van der Waals surface area contributed by atoms with Gasteiger partial charge in [-0.2, -0.15) is 0 Å². The normalized spacial score (nSPS) is 13.6. The molecule has 6 heteroatoms. The highest BCUT2D eigenvalue weighted by molar-refractivity contribution is 5.98. The average molecular weight is 390 g/mol. The second kappa shape index (κ2) is 9.28. The van der Waals surface area contributed by atoms with Crippen molar-refractivity contribution >= 4 is 28.4 Å². The third-order valence-electron chi connectivity index (χ3n) is 4.76. The number of anilines is 1. The molecule has 1 heterocycles. The molecule has 0 unspecified atom stereocenters. The number of amides is 1. The monoisotopic (exact) mass is 390 g/mol. The largest absolute Gasteiger partial charge is 0.382 e. The first-order chi connectivity index (χ1) is 13.9. The van der Waals surface area contributed by atoms with Crippen molar-refractivity contribution in [2.75, 3.05) is 5.32 Å². The van der Waals surface area contributed by atoms with Crippen LogP contribution in [0.15, 0.2) is 48.8 Å². The molecule has 29 heavy (non-hydrogen) atoms. The van der Waals surface area contributed by atoms with Gasteiger partial charge in [0, 0.05) is 35.2 Å². The molecule has 4 rings (SSSR count). The number of aromatic nitrogens is 2. The number of hydrogen-bond acceptors (Lipinski definition) is 5. The summed E-state index contributed by atoms with van der Waals surface area (Å²) in [6, 6.07) is 12.0. The Bertz CT molecular complexity index is 1020. The SMILES string of the molecule is CC(C)=O.NC(=O)c1cccc(-c2cc(NC3CCCC3)cc3nccnc23)c1. The Kier molecular flexibility index (Phi) is 6.54. The van der Waals surface area contributed by atoms with Gasteiger partial charge in [0.25, 0.3) is 0 Å². The van der Waals surface area contributed by atoms with Crippen LogP contribution < -0.4 is 11.1 Å². The van der Waals surface area contributed by atoms with Crippen LogP contribution in [0.5, 0.6) is 0 Å². The fraction of sp³-hybridized carbons (Fsp3) is 0.304. The summed E-state index contributed by atoms with van der Waals surface area (Å²) < 4.78 is 0. The second-order valence-electron chi connectivity index (χ2n) is 7.43. The van der Waals surface area contributed by atoms with Gasteiger partial charge in [-0.1, -0.05) is 25.0 Å². The lowest BCUT2D eigenvalue weighted by Gasteiger charge is -2.16. The first kappa shape index (κ1) is 20.5. The lowest BCUT2D eigenvalue weighted by atomic mass is 10.00. The molecule has 1 aliphatic rings. The van der Waals surface area contributed by atoms with E-state index < -0.39 is 5.91 Å².